The number of primary sulfonamides is 1. The van der Waals surface area contributed by atoms with Gasteiger partial charge in [0.15, 0.2) is 0 Å². The highest BCUT2D eigenvalue weighted by Gasteiger charge is 2.34. The number of benzene rings is 1. The molecule has 1 amide bonds. The van der Waals surface area contributed by atoms with Crippen LogP contribution in [0.25, 0.3) is 0 Å². The van der Waals surface area contributed by atoms with Gasteiger partial charge in [0.1, 0.15) is 0 Å². The molecule has 1 fully saturated rings. The Morgan fingerprint density at radius 3 is 2.53 bits per heavy atom. The van der Waals surface area contributed by atoms with E-state index in [9.17, 15) is 13.2 Å². The standard InChI is InChI=1S/C12H15BrN2O3S/c1-6-4-9(6)15-12(16)8-3-7(2)11(13)10(5-8)19(14,17)18/h3,5-6,9H,4H2,1-2H3,(H,15,16)(H2,14,17,18). The third kappa shape index (κ3) is 3.16. The second-order valence-electron chi connectivity index (χ2n) is 4.94. The first-order valence-electron chi connectivity index (χ1n) is 5.84. The van der Waals surface area contributed by atoms with E-state index in [4.69, 9.17) is 5.14 Å². The lowest BCUT2D eigenvalue weighted by atomic mass is 10.1. The van der Waals surface area contributed by atoms with E-state index in [1.165, 1.54) is 6.07 Å². The Bertz CT molecular complexity index is 643. The molecule has 104 valence electrons. The van der Waals surface area contributed by atoms with Crippen molar-refractivity contribution in [1.82, 2.24) is 5.32 Å². The summed E-state index contributed by atoms with van der Waals surface area (Å²) in [6.45, 7) is 3.77. The molecule has 19 heavy (non-hydrogen) atoms. The summed E-state index contributed by atoms with van der Waals surface area (Å²) < 4.78 is 23.4. The lowest BCUT2D eigenvalue weighted by molar-refractivity contribution is 0.0949. The molecular weight excluding hydrogens is 332 g/mol. The summed E-state index contributed by atoms with van der Waals surface area (Å²) in [5, 5.41) is 8.00. The van der Waals surface area contributed by atoms with E-state index in [1.807, 2.05) is 6.92 Å². The monoisotopic (exact) mass is 346 g/mol. The molecule has 0 spiro atoms. The van der Waals surface area contributed by atoms with Crippen molar-refractivity contribution >= 4 is 31.9 Å². The van der Waals surface area contributed by atoms with Crippen LogP contribution in [0, 0.1) is 12.8 Å². The first-order valence-corrected chi connectivity index (χ1v) is 8.18. The number of carbonyl (C=O) groups excluding carboxylic acids is 1. The van der Waals surface area contributed by atoms with Crippen LogP contribution < -0.4 is 10.5 Å². The zero-order chi connectivity index (χ0) is 14.4. The highest BCUT2D eigenvalue weighted by atomic mass is 79.9. The van der Waals surface area contributed by atoms with Gasteiger partial charge in [0.2, 0.25) is 10.0 Å². The fraction of sp³-hybridized carbons (Fsp3) is 0.417. The minimum Gasteiger partial charge on any atom is -0.349 e. The summed E-state index contributed by atoms with van der Waals surface area (Å²) in [5.41, 5.74) is 0.962. The normalized spacial score (nSPS) is 22.1. The molecule has 5 nitrogen and oxygen atoms in total. The number of amides is 1. The van der Waals surface area contributed by atoms with E-state index in [0.717, 1.165) is 6.42 Å². The van der Waals surface area contributed by atoms with Gasteiger partial charge >= 0.3 is 0 Å². The maximum Gasteiger partial charge on any atom is 0.251 e. The molecule has 1 saturated carbocycles. The Morgan fingerprint density at radius 2 is 2.05 bits per heavy atom. The van der Waals surface area contributed by atoms with Crippen LogP contribution in [-0.4, -0.2) is 20.4 Å². The van der Waals surface area contributed by atoms with Gasteiger partial charge in [-0.1, -0.05) is 6.92 Å². The van der Waals surface area contributed by atoms with Gasteiger partial charge < -0.3 is 5.32 Å². The minimum absolute atomic E-state index is 0.0681. The molecule has 0 heterocycles. The smallest absolute Gasteiger partial charge is 0.251 e. The quantitative estimate of drug-likeness (QED) is 0.869. The highest BCUT2D eigenvalue weighted by Crippen LogP contribution is 2.30. The van der Waals surface area contributed by atoms with Gasteiger partial charge in [-0.25, -0.2) is 13.6 Å². The van der Waals surface area contributed by atoms with Gasteiger partial charge in [-0.15, -0.1) is 0 Å². The average molecular weight is 347 g/mol. The number of rotatable bonds is 3. The molecule has 2 rings (SSSR count). The number of hydrogen-bond donors (Lipinski definition) is 2. The Morgan fingerprint density at radius 1 is 1.47 bits per heavy atom. The van der Waals surface area contributed by atoms with Crippen molar-refractivity contribution in [3.05, 3.63) is 27.7 Å². The van der Waals surface area contributed by atoms with Crippen LogP contribution in [0.3, 0.4) is 0 Å². The van der Waals surface area contributed by atoms with E-state index < -0.39 is 10.0 Å². The van der Waals surface area contributed by atoms with Crippen LogP contribution in [0.1, 0.15) is 29.3 Å². The molecule has 1 aliphatic rings. The molecule has 1 aromatic rings. The van der Waals surface area contributed by atoms with Crippen molar-refractivity contribution in [3.8, 4) is 0 Å². The summed E-state index contributed by atoms with van der Waals surface area (Å²) >= 11 is 3.18. The van der Waals surface area contributed by atoms with Crippen molar-refractivity contribution in [3.63, 3.8) is 0 Å². The molecule has 3 N–H and O–H groups in total. The van der Waals surface area contributed by atoms with E-state index in [0.29, 0.717) is 21.5 Å². The Labute approximate surface area is 120 Å². The third-order valence-electron chi connectivity index (χ3n) is 3.22. The number of halogens is 1. The first-order chi connectivity index (χ1) is 8.70. The zero-order valence-electron chi connectivity index (χ0n) is 10.6. The van der Waals surface area contributed by atoms with Gasteiger partial charge in [0.25, 0.3) is 5.91 Å². The number of sulfonamides is 1. The predicted octanol–water partition coefficient (Wildman–Crippen LogP) is 1.54. The summed E-state index contributed by atoms with van der Waals surface area (Å²) in [5.74, 6) is 0.216. The molecule has 7 heteroatoms. The molecule has 2 atom stereocenters. The van der Waals surface area contributed by atoms with Crippen molar-refractivity contribution in [2.24, 2.45) is 11.1 Å². The lowest BCUT2D eigenvalue weighted by Crippen LogP contribution is -2.27. The van der Waals surface area contributed by atoms with Gasteiger partial charge in [-0.3, -0.25) is 4.79 Å². The van der Waals surface area contributed by atoms with Gasteiger partial charge in [-0.2, -0.15) is 0 Å². The molecule has 2 unspecified atom stereocenters. The van der Waals surface area contributed by atoms with Crippen molar-refractivity contribution in [2.75, 3.05) is 0 Å². The second kappa shape index (κ2) is 4.88. The molecule has 0 bridgehead atoms. The Kier molecular flexibility index (Phi) is 3.72. The van der Waals surface area contributed by atoms with Crippen LogP contribution in [0.2, 0.25) is 0 Å². The van der Waals surface area contributed by atoms with Crippen molar-refractivity contribution in [1.29, 1.82) is 0 Å². The van der Waals surface area contributed by atoms with Gasteiger partial charge in [0, 0.05) is 16.1 Å². The summed E-state index contributed by atoms with van der Waals surface area (Å²) in [6.07, 6.45) is 0.962. The second-order valence-corrected chi connectivity index (χ2v) is 7.27. The maximum absolute atomic E-state index is 12.0. The molecule has 0 saturated heterocycles. The SMILES string of the molecule is Cc1cc(C(=O)NC2CC2C)cc(S(N)(=O)=O)c1Br. The molecule has 1 aromatic carbocycles. The summed E-state index contributed by atoms with van der Waals surface area (Å²) in [7, 11) is -3.86. The molecule has 0 aromatic heterocycles. The number of hydrogen-bond acceptors (Lipinski definition) is 3. The first kappa shape index (κ1) is 14.5. The maximum atomic E-state index is 12.0. The predicted molar refractivity (Wildman–Crippen MR) is 75.3 cm³/mol. The topological polar surface area (TPSA) is 89.3 Å². The summed E-state index contributed by atoms with van der Waals surface area (Å²) in [6, 6.07) is 3.13. The molecule has 0 radical (unpaired) electrons. The van der Waals surface area contributed by atoms with E-state index in [-0.39, 0.29) is 16.8 Å². The fourth-order valence-electron chi connectivity index (χ4n) is 1.85. The number of aryl methyl sites for hydroxylation is 1. The van der Waals surface area contributed by atoms with Crippen LogP contribution in [0.4, 0.5) is 0 Å². The zero-order valence-corrected chi connectivity index (χ0v) is 13.0. The minimum atomic E-state index is -3.86. The van der Waals surface area contributed by atoms with Gasteiger partial charge in [-0.05, 0) is 52.9 Å². The Hall–Kier alpha value is -0.920. The molecule has 0 aliphatic heterocycles. The van der Waals surface area contributed by atoms with Crippen LogP contribution in [-0.2, 0) is 10.0 Å². The van der Waals surface area contributed by atoms with Crippen molar-refractivity contribution < 1.29 is 13.2 Å². The van der Waals surface area contributed by atoms with Gasteiger partial charge in [0.05, 0.1) is 4.90 Å². The van der Waals surface area contributed by atoms with Crippen LogP contribution in [0.5, 0.6) is 0 Å². The molecular formula is C12H15BrN2O3S. The largest absolute Gasteiger partial charge is 0.349 e. The fourth-order valence-corrected chi connectivity index (χ4v) is 3.46. The van der Waals surface area contributed by atoms with E-state index >= 15 is 0 Å². The van der Waals surface area contributed by atoms with E-state index in [2.05, 4.69) is 21.2 Å². The van der Waals surface area contributed by atoms with Crippen LogP contribution in [0.15, 0.2) is 21.5 Å². The van der Waals surface area contributed by atoms with Crippen LogP contribution >= 0.6 is 15.9 Å². The summed E-state index contributed by atoms with van der Waals surface area (Å²) in [4.78, 5) is 12.0. The number of nitrogens with two attached hydrogens (primary N) is 1. The lowest BCUT2D eigenvalue weighted by Gasteiger charge is -2.10. The third-order valence-corrected chi connectivity index (χ3v) is 5.47. The number of carbonyl (C=O) groups is 1. The molecule has 1 aliphatic carbocycles. The highest BCUT2D eigenvalue weighted by molar-refractivity contribution is 9.10. The van der Waals surface area contributed by atoms with Crippen molar-refractivity contribution in [2.45, 2.75) is 31.2 Å². The average Bonchev–Trinajstić information content (AvgIpc) is 2.96. The number of nitrogens with one attached hydrogen (secondary N) is 1. The van der Waals surface area contributed by atoms with E-state index in [1.54, 1.807) is 13.0 Å². The Balaban J connectivity index is 2.36.